The molecule has 2 rings (SSSR count). The molecule has 1 aliphatic rings. The van der Waals surface area contributed by atoms with Gasteiger partial charge in [0.05, 0.1) is 6.54 Å². The number of nitrogens with zero attached hydrogens (tertiary/aromatic N) is 1. The first-order valence-corrected chi connectivity index (χ1v) is 5.72. The number of rotatable bonds is 3. The molecule has 1 aromatic carbocycles. The zero-order valence-corrected chi connectivity index (χ0v) is 9.64. The first-order chi connectivity index (χ1) is 7.31. The summed E-state index contributed by atoms with van der Waals surface area (Å²) in [7, 11) is 0. The lowest BCUT2D eigenvalue weighted by atomic mass is 10.0. The van der Waals surface area contributed by atoms with E-state index in [1.54, 1.807) is 0 Å². The topological polar surface area (TPSA) is 24.4 Å². The number of hydrogen-bond donors (Lipinski definition) is 1. The zero-order chi connectivity index (χ0) is 10.7. The van der Waals surface area contributed by atoms with Gasteiger partial charge in [-0.25, -0.2) is 0 Å². The molecule has 0 unspecified atom stereocenters. The largest absolute Gasteiger partial charge is 0.372 e. The van der Waals surface area contributed by atoms with E-state index in [2.05, 4.69) is 23.3 Å². The molecule has 1 heterocycles. The Labute approximate surface area is 95.4 Å². The number of amidine groups is 1. The van der Waals surface area contributed by atoms with Crippen LogP contribution in [0.1, 0.15) is 18.1 Å². The molecule has 80 valence electrons. The van der Waals surface area contributed by atoms with E-state index in [4.69, 9.17) is 11.6 Å². The van der Waals surface area contributed by atoms with Crippen molar-refractivity contribution in [2.75, 3.05) is 13.1 Å². The van der Waals surface area contributed by atoms with Crippen LogP contribution >= 0.6 is 11.6 Å². The van der Waals surface area contributed by atoms with Crippen molar-refractivity contribution >= 4 is 17.4 Å². The van der Waals surface area contributed by atoms with Crippen molar-refractivity contribution in [2.45, 2.75) is 19.8 Å². The molecule has 0 fully saturated rings. The Morgan fingerprint density at radius 1 is 1.47 bits per heavy atom. The highest BCUT2D eigenvalue weighted by Crippen LogP contribution is 2.21. The Morgan fingerprint density at radius 2 is 2.33 bits per heavy atom. The number of hydrogen-bond acceptors (Lipinski definition) is 2. The van der Waals surface area contributed by atoms with Crippen LogP contribution in [0.25, 0.3) is 0 Å². The number of aliphatic imine (C=N–C) groups is 1. The Hall–Kier alpha value is -1.02. The van der Waals surface area contributed by atoms with Crippen LogP contribution in [0.3, 0.4) is 0 Å². The molecule has 15 heavy (non-hydrogen) atoms. The molecule has 2 nitrogen and oxygen atoms in total. The summed E-state index contributed by atoms with van der Waals surface area (Å²) in [6, 6.07) is 6.09. The van der Waals surface area contributed by atoms with Gasteiger partial charge in [0.2, 0.25) is 0 Å². The Bertz CT molecular complexity index is 385. The van der Waals surface area contributed by atoms with E-state index in [0.29, 0.717) is 0 Å². The normalized spacial score (nSPS) is 14.9. The molecule has 1 N–H and O–H groups in total. The Balaban J connectivity index is 2.23. The Kier molecular flexibility index (Phi) is 3.27. The number of benzene rings is 1. The predicted octanol–water partition coefficient (Wildman–Crippen LogP) is 2.45. The van der Waals surface area contributed by atoms with Gasteiger partial charge in [0.15, 0.2) is 0 Å². The van der Waals surface area contributed by atoms with Crippen molar-refractivity contribution in [1.82, 2.24) is 5.32 Å². The molecule has 0 aromatic heterocycles. The lowest BCUT2D eigenvalue weighted by Gasteiger charge is -2.09. The van der Waals surface area contributed by atoms with Crippen LogP contribution in [-0.2, 0) is 12.8 Å². The van der Waals surface area contributed by atoms with Gasteiger partial charge in [-0.3, -0.25) is 4.99 Å². The summed E-state index contributed by atoms with van der Waals surface area (Å²) < 4.78 is 0. The molecule has 0 atom stereocenters. The highest BCUT2D eigenvalue weighted by Gasteiger charge is 2.10. The van der Waals surface area contributed by atoms with E-state index in [1.807, 2.05) is 12.1 Å². The minimum absolute atomic E-state index is 0.869. The second kappa shape index (κ2) is 4.67. The van der Waals surface area contributed by atoms with Crippen molar-refractivity contribution in [3.63, 3.8) is 0 Å². The quantitative estimate of drug-likeness (QED) is 0.835. The van der Waals surface area contributed by atoms with Crippen molar-refractivity contribution in [1.29, 1.82) is 0 Å². The third-order valence-electron chi connectivity index (χ3n) is 2.67. The summed E-state index contributed by atoms with van der Waals surface area (Å²) in [6.07, 6.45) is 1.85. The Morgan fingerprint density at radius 3 is 3.00 bits per heavy atom. The molecule has 0 saturated heterocycles. The summed E-state index contributed by atoms with van der Waals surface area (Å²) in [5, 5.41) is 4.15. The van der Waals surface area contributed by atoms with Crippen LogP contribution < -0.4 is 5.32 Å². The minimum Gasteiger partial charge on any atom is -0.372 e. The number of nitrogens with one attached hydrogen (secondary N) is 1. The maximum atomic E-state index is 6.15. The summed E-state index contributed by atoms with van der Waals surface area (Å²) in [5.41, 5.74) is 2.54. The minimum atomic E-state index is 0.869. The van der Waals surface area contributed by atoms with Crippen molar-refractivity contribution in [2.24, 2.45) is 4.99 Å². The summed E-state index contributed by atoms with van der Waals surface area (Å²) in [6.45, 7) is 4.00. The lowest BCUT2D eigenvalue weighted by Crippen LogP contribution is -2.21. The fourth-order valence-corrected chi connectivity index (χ4v) is 2.24. The second-order valence-electron chi connectivity index (χ2n) is 3.66. The van der Waals surface area contributed by atoms with Gasteiger partial charge in [0, 0.05) is 18.0 Å². The van der Waals surface area contributed by atoms with Gasteiger partial charge >= 0.3 is 0 Å². The van der Waals surface area contributed by atoms with Gasteiger partial charge in [0.25, 0.3) is 0 Å². The van der Waals surface area contributed by atoms with Gasteiger partial charge in [-0.15, -0.1) is 0 Å². The van der Waals surface area contributed by atoms with E-state index >= 15 is 0 Å². The fourth-order valence-electron chi connectivity index (χ4n) is 1.91. The molecule has 0 amide bonds. The van der Waals surface area contributed by atoms with Crippen LogP contribution in [0.5, 0.6) is 0 Å². The average Bonchev–Trinajstić information content (AvgIpc) is 2.71. The molecule has 3 heteroatoms. The first kappa shape index (κ1) is 10.5. The van der Waals surface area contributed by atoms with Crippen LogP contribution in [0.2, 0.25) is 5.02 Å². The van der Waals surface area contributed by atoms with E-state index in [0.717, 1.165) is 36.8 Å². The zero-order valence-electron chi connectivity index (χ0n) is 8.89. The van der Waals surface area contributed by atoms with Gasteiger partial charge in [-0.2, -0.15) is 0 Å². The molecule has 1 aromatic rings. The summed E-state index contributed by atoms with van der Waals surface area (Å²) in [5.74, 6) is 1.09. The van der Waals surface area contributed by atoms with Gasteiger partial charge < -0.3 is 5.32 Å². The molecule has 0 radical (unpaired) electrons. The van der Waals surface area contributed by atoms with E-state index in [1.165, 1.54) is 11.1 Å². The smallest absolute Gasteiger partial charge is 0.101 e. The van der Waals surface area contributed by atoms with Crippen molar-refractivity contribution < 1.29 is 0 Å². The highest BCUT2D eigenvalue weighted by atomic mass is 35.5. The maximum absolute atomic E-state index is 6.15. The number of halogens is 1. The summed E-state index contributed by atoms with van der Waals surface area (Å²) >= 11 is 6.15. The molecular formula is C12H15ClN2. The molecule has 0 saturated carbocycles. The summed E-state index contributed by atoms with van der Waals surface area (Å²) in [4.78, 5) is 4.40. The van der Waals surface area contributed by atoms with Gasteiger partial charge in [0.1, 0.15) is 5.84 Å². The van der Waals surface area contributed by atoms with Crippen LogP contribution in [0.4, 0.5) is 0 Å². The van der Waals surface area contributed by atoms with Crippen LogP contribution in [0, 0.1) is 0 Å². The predicted molar refractivity (Wildman–Crippen MR) is 64.8 cm³/mol. The molecular weight excluding hydrogens is 208 g/mol. The average molecular weight is 223 g/mol. The second-order valence-corrected chi connectivity index (χ2v) is 4.07. The molecule has 0 bridgehead atoms. The molecule has 0 spiro atoms. The fraction of sp³-hybridized carbons (Fsp3) is 0.417. The first-order valence-electron chi connectivity index (χ1n) is 5.34. The third kappa shape index (κ3) is 2.32. The lowest BCUT2D eigenvalue weighted by molar-refractivity contribution is 0.951. The van der Waals surface area contributed by atoms with Crippen molar-refractivity contribution in [3.8, 4) is 0 Å². The maximum Gasteiger partial charge on any atom is 0.101 e. The van der Waals surface area contributed by atoms with Gasteiger partial charge in [-0.05, 0) is 23.6 Å². The van der Waals surface area contributed by atoms with Crippen LogP contribution in [-0.4, -0.2) is 18.9 Å². The van der Waals surface area contributed by atoms with Crippen molar-refractivity contribution in [3.05, 3.63) is 34.3 Å². The highest BCUT2D eigenvalue weighted by molar-refractivity contribution is 6.31. The third-order valence-corrected chi connectivity index (χ3v) is 3.02. The molecule has 1 aliphatic heterocycles. The molecule has 0 aliphatic carbocycles. The van der Waals surface area contributed by atoms with Gasteiger partial charge in [-0.1, -0.05) is 30.7 Å². The van der Waals surface area contributed by atoms with E-state index in [-0.39, 0.29) is 0 Å². The van der Waals surface area contributed by atoms with Crippen LogP contribution in [0.15, 0.2) is 23.2 Å². The van der Waals surface area contributed by atoms with E-state index in [9.17, 15) is 0 Å². The standard InChI is InChI=1S/C12H15ClN2/c1-2-10-9(4-3-5-11(10)13)8-12-14-6-7-15-12/h3-5H,2,6-8H2,1H3,(H,14,15). The monoisotopic (exact) mass is 222 g/mol. The SMILES string of the molecule is CCc1c(Cl)cccc1CC1=NCCN1. The van der Waals surface area contributed by atoms with E-state index < -0.39 is 0 Å².